The van der Waals surface area contributed by atoms with Crippen molar-refractivity contribution < 1.29 is 29.3 Å². The zero-order chi connectivity index (χ0) is 16.3. The van der Waals surface area contributed by atoms with E-state index in [1.165, 1.54) is 13.8 Å². The molecule has 0 spiro atoms. The number of esters is 2. The van der Waals surface area contributed by atoms with Crippen molar-refractivity contribution in [2.75, 3.05) is 32.8 Å². The van der Waals surface area contributed by atoms with E-state index in [1.807, 2.05) is 11.8 Å². The van der Waals surface area contributed by atoms with E-state index in [0.717, 1.165) is 12.8 Å². The van der Waals surface area contributed by atoms with Crippen LogP contribution in [0, 0.1) is 0 Å². The minimum Gasteiger partial charge on any atom is -0.463 e. The summed E-state index contributed by atoms with van der Waals surface area (Å²) in [5.41, 5.74) is 0. The van der Waals surface area contributed by atoms with E-state index in [2.05, 4.69) is 0 Å². The molecule has 0 saturated carbocycles. The van der Waals surface area contributed by atoms with Crippen LogP contribution in [-0.4, -0.2) is 72.1 Å². The zero-order valence-electron chi connectivity index (χ0n) is 13.1. The zero-order valence-corrected chi connectivity index (χ0v) is 13.1. The Kier molecular flexibility index (Phi) is 10.8. The molecular formula is C14H27NO6. The highest BCUT2D eigenvalue weighted by Crippen LogP contribution is 2.01. The van der Waals surface area contributed by atoms with Gasteiger partial charge in [-0.25, -0.2) is 0 Å². The van der Waals surface area contributed by atoms with E-state index in [-0.39, 0.29) is 26.3 Å². The van der Waals surface area contributed by atoms with Gasteiger partial charge in [0.1, 0.15) is 25.4 Å². The van der Waals surface area contributed by atoms with E-state index in [1.54, 1.807) is 0 Å². The molecule has 0 fully saturated rings. The van der Waals surface area contributed by atoms with Crippen molar-refractivity contribution >= 4 is 11.9 Å². The lowest BCUT2D eigenvalue weighted by atomic mass is 10.2. The van der Waals surface area contributed by atoms with E-state index < -0.39 is 24.1 Å². The summed E-state index contributed by atoms with van der Waals surface area (Å²) in [6, 6.07) is 0. The van der Waals surface area contributed by atoms with Gasteiger partial charge in [-0.2, -0.15) is 0 Å². The number of hydrogen-bond donors (Lipinski definition) is 2. The Morgan fingerprint density at radius 3 is 1.76 bits per heavy atom. The van der Waals surface area contributed by atoms with Gasteiger partial charge in [0, 0.05) is 26.9 Å². The summed E-state index contributed by atoms with van der Waals surface area (Å²) in [4.78, 5) is 23.3. The van der Waals surface area contributed by atoms with Gasteiger partial charge < -0.3 is 19.7 Å². The van der Waals surface area contributed by atoms with E-state index in [9.17, 15) is 19.8 Å². The van der Waals surface area contributed by atoms with Crippen LogP contribution in [0.25, 0.3) is 0 Å². The van der Waals surface area contributed by atoms with Gasteiger partial charge in [0.05, 0.1) is 0 Å². The molecule has 0 bridgehead atoms. The van der Waals surface area contributed by atoms with Gasteiger partial charge in [0.2, 0.25) is 0 Å². The first kappa shape index (κ1) is 19.8. The second-order valence-electron chi connectivity index (χ2n) is 5.03. The van der Waals surface area contributed by atoms with Crippen LogP contribution in [0.4, 0.5) is 0 Å². The van der Waals surface area contributed by atoms with Crippen LogP contribution in [0.2, 0.25) is 0 Å². The lowest BCUT2D eigenvalue weighted by Gasteiger charge is -2.26. The topological polar surface area (TPSA) is 96.3 Å². The number of unbranched alkanes of at least 4 members (excludes halogenated alkanes) is 1. The van der Waals surface area contributed by atoms with Gasteiger partial charge in [-0.1, -0.05) is 13.3 Å². The Morgan fingerprint density at radius 1 is 1.00 bits per heavy atom. The normalized spacial score (nSPS) is 13.8. The molecule has 0 aliphatic heterocycles. The smallest absolute Gasteiger partial charge is 0.302 e. The lowest BCUT2D eigenvalue weighted by molar-refractivity contribution is -0.144. The van der Waals surface area contributed by atoms with Gasteiger partial charge in [-0.3, -0.25) is 14.5 Å². The number of carbonyl (C=O) groups excluding carboxylic acids is 2. The molecule has 7 heteroatoms. The molecule has 0 saturated heterocycles. The van der Waals surface area contributed by atoms with Crippen molar-refractivity contribution in [1.29, 1.82) is 0 Å². The fourth-order valence-electron chi connectivity index (χ4n) is 1.77. The van der Waals surface area contributed by atoms with Crippen LogP contribution in [0.5, 0.6) is 0 Å². The van der Waals surface area contributed by atoms with Gasteiger partial charge in [0.15, 0.2) is 0 Å². The molecule has 2 atom stereocenters. The molecule has 0 aliphatic carbocycles. The number of rotatable bonds is 11. The van der Waals surface area contributed by atoms with Crippen molar-refractivity contribution in [3.63, 3.8) is 0 Å². The number of aliphatic hydroxyl groups is 2. The third-order valence-electron chi connectivity index (χ3n) is 2.72. The minimum absolute atomic E-state index is 0.0714. The van der Waals surface area contributed by atoms with Crippen molar-refractivity contribution in [3.8, 4) is 0 Å². The number of nitrogens with zero attached hydrogens (tertiary/aromatic N) is 1. The third kappa shape index (κ3) is 12.3. The predicted molar refractivity (Wildman–Crippen MR) is 76.6 cm³/mol. The first-order chi connectivity index (χ1) is 9.85. The highest BCUT2D eigenvalue weighted by Gasteiger charge is 2.17. The monoisotopic (exact) mass is 305 g/mol. The number of aliphatic hydroxyl groups excluding tert-OH is 2. The largest absolute Gasteiger partial charge is 0.463 e. The Balaban J connectivity index is 4.22. The fourth-order valence-corrected chi connectivity index (χ4v) is 1.77. The third-order valence-corrected chi connectivity index (χ3v) is 2.72. The summed E-state index contributed by atoms with van der Waals surface area (Å²) < 4.78 is 9.49. The maximum atomic E-state index is 10.7. The van der Waals surface area contributed by atoms with Crippen molar-refractivity contribution in [2.45, 2.75) is 45.8 Å². The van der Waals surface area contributed by atoms with Crippen LogP contribution >= 0.6 is 0 Å². The predicted octanol–water partition coefficient (Wildman–Crippen LogP) is -0.0635. The molecule has 7 nitrogen and oxygen atoms in total. The van der Waals surface area contributed by atoms with Crippen molar-refractivity contribution in [1.82, 2.24) is 4.90 Å². The van der Waals surface area contributed by atoms with Crippen LogP contribution in [0.3, 0.4) is 0 Å². The quantitative estimate of drug-likeness (QED) is 0.516. The molecule has 0 aromatic heterocycles. The summed E-state index contributed by atoms with van der Waals surface area (Å²) in [6.07, 6.45) is 0.273. The Morgan fingerprint density at radius 2 is 1.43 bits per heavy atom. The van der Waals surface area contributed by atoms with Crippen LogP contribution in [-0.2, 0) is 19.1 Å². The maximum Gasteiger partial charge on any atom is 0.302 e. The average molecular weight is 305 g/mol. The molecule has 2 N–H and O–H groups in total. The summed E-state index contributed by atoms with van der Waals surface area (Å²) >= 11 is 0. The van der Waals surface area contributed by atoms with E-state index in [4.69, 9.17) is 9.47 Å². The summed E-state index contributed by atoms with van der Waals surface area (Å²) in [5.74, 6) is -0.881. The summed E-state index contributed by atoms with van der Waals surface area (Å²) in [5, 5.41) is 19.6. The molecule has 124 valence electrons. The SMILES string of the molecule is CCCCN(CC(O)COC(C)=O)CC(O)COC(C)=O. The average Bonchev–Trinajstić information content (AvgIpc) is 2.40. The maximum absolute atomic E-state index is 10.7. The van der Waals surface area contributed by atoms with Crippen LogP contribution < -0.4 is 0 Å². The molecular weight excluding hydrogens is 278 g/mol. The first-order valence-electron chi connectivity index (χ1n) is 7.20. The van der Waals surface area contributed by atoms with Gasteiger partial charge in [0.25, 0.3) is 0 Å². The van der Waals surface area contributed by atoms with E-state index >= 15 is 0 Å². The van der Waals surface area contributed by atoms with Crippen LogP contribution in [0.1, 0.15) is 33.6 Å². The summed E-state index contributed by atoms with van der Waals surface area (Å²) in [6.45, 7) is 5.73. The molecule has 0 aliphatic rings. The van der Waals surface area contributed by atoms with Crippen molar-refractivity contribution in [3.05, 3.63) is 0 Å². The second kappa shape index (κ2) is 11.5. The highest BCUT2D eigenvalue weighted by atomic mass is 16.5. The van der Waals surface area contributed by atoms with Crippen molar-refractivity contribution in [2.24, 2.45) is 0 Å². The van der Waals surface area contributed by atoms with Gasteiger partial charge in [-0.05, 0) is 13.0 Å². The molecule has 0 aromatic rings. The number of hydrogen-bond acceptors (Lipinski definition) is 7. The molecule has 2 unspecified atom stereocenters. The lowest BCUT2D eigenvalue weighted by Crippen LogP contribution is -2.41. The minimum atomic E-state index is -0.813. The Bertz CT molecular complexity index is 284. The van der Waals surface area contributed by atoms with Gasteiger partial charge >= 0.3 is 11.9 Å². The standard InChI is InChI=1S/C14H27NO6/c1-4-5-6-15(7-13(18)9-20-11(2)16)8-14(19)10-21-12(3)17/h13-14,18-19H,4-10H2,1-3H3. The Hall–Kier alpha value is -1.18. The molecule has 0 amide bonds. The summed E-state index contributed by atoms with van der Waals surface area (Å²) in [7, 11) is 0. The highest BCUT2D eigenvalue weighted by molar-refractivity contribution is 5.66. The van der Waals surface area contributed by atoms with E-state index in [0.29, 0.717) is 6.54 Å². The van der Waals surface area contributed by atoms with Crippen LogP contribution in [0.15, 0.2) is 0 Å². The fraction of sp³-hybridized carbons (Fsp3) is 0.857. The molecule has 0 radical (unpaired) electrons. The first-order valence-corrected chi connectivity index (χ1v) is 7.20. The molecule has 0 aromatic carbocycles. The molecule has 21 heavy (non-hydrogen) atoms. The molecule has 0 rings (SSSR count). The molecule has 0 heterocycles. The number of carbonyl (C=O) groups is 2. The number of ether oxygens (including phenoxy) is 2. The van der Waals surface area contributed by atoms with Gasteiger partial charge in [-0.15, -0.1) is 0 Å². The second-order valence-corrected chi connectivity index (χ2v) is 5.03. The Labute approximate surface area is 125 Å².